The quantitative estimate of drug-likeness (QED) is 0.823. The number of carbonyl (C=O) groups excluding carboxylic acids is 1. The number of halogens is 3. The van der Waals surface area contributed by atoms with Crippen LogP contribution in [0.25, 0.3) is 0 Å². The van der Waals surface area contributed by atoms with Crippen molar-refractivity contribution >= 4 is 5.91 Å². The highest BCUT2D eigenvalue weighted by Gasteiger charge is 2.60. The van der Waals surface area contributed by atoms with E-state index in [4.69, 9.17) is 4.74 Å². The summed E-state index contributed by atoms with van der Waals surface area (Å²) in [6.45, 7) is 5.77. The van der Waals surface area contributed by atoms with Gasteiger partial charge < -0.3 is 10.1 Å². The Hall–Kier alpha value is -0.780. The lowest BCUT2D eigenvalue weighted by atomic mass is 9.78. The van der Waals surface area contributed by atoms with E-state index < -0.39 is 17.5 Å². The Labute approximate surface area is 99.7 Å². The molecule has 1 aliphatic heterocycles. The molecule has 0 saturated carbocycles. The summed E-state index contributed by atoms with van der Waals surface area (Å²) in [4.78, 5) is 11.5. The van der Waals surface area contributed by atoms with Crippen LogP contribution in [0.5, 0.6) is 0 Å². The van der Waals surface area contributed by atoms with Gasteiger partial charge in [-0.2, -0.15) is 13.2 Å². The van der Waals surface area contributed by atoms with Gasteiger partial charge in [-0.1, -0.05) is 13.8 Å². The summed E-state index contributed by atoms with van der Waals surface area (Å²) < 4.78 is 43.4. The van der Waals surface area contributed by atoms with Crippen LogP contribution in [-0.4, -0.2) is 31.8 Å². The maximum Gasteiger partial charge on any atom is 0.403 e. The van der Waals surface area contributed by atoms with Gasteiger partial charge in [0.15, 0.2) is 0 Å². The van der Waals surface area contributed by atoms with E-state index >= 15 is 0 Å². The van der Waals surface area contributed by atoms with Crippen LogP contribution in [0.4, 0.5) is 13.2 Å². The van der Waals surface area contributed by atoms with Crippen molar-refractivity contribution in [2.45, 2.75) is 39.8 Å². The van der Waals surface area contributed by atoms with Gasteiger partial charge in [-0.05, 0) is 19.8 Å². The van der Waals surface area contributed by atoms with E-state index in [9.17, 15) is 18.0 Å². The van der Waals surface area contributed by atoms with Crippen molar-refractivity contribution in [2.24, 2.45) is 5.41 Å². The van der Waals surface area contributed by atoms with Gasteiger partial charge in [0.1, 0.15) is 5.41 Å². The highest BCUT2D eigenvalue weighted by Crippen LogP contribution is 2.45. The van der Waals surface area contributed by atoms with E-state index in [0.29, 0.717) is 0 Å². The minimum atomic E-state index is -4.50. The third kappa shape index (κ3) is 3.59. The molecule has 1 rings (SSSR count). The van der Waals surface area contributed by atoms with Gasteiger partial charge in [0.2, 0.25) is 5.91 Å². The molecule has 1 N–H and O–H groups in total. The van der Waals surface area contributed by atoms with Gasteiger partial charge in [0.25, 0.3) is 0 Å². The first-order valence-corrected chi connectivity index (χ1v) is 5.87. The number of nitrogens with one attached hydrogen (secondary N) is 1. The monoisotopic (exact) mass is 255 g/mol. The molecule has 6 heteroatoms. The summed E-state index contributed by atoms with van der Waals surface area (Å²) in [6, 6.07) is 0. The van der Waals surface area contributed by atoms with Crippen molar-refractivity contribution < 1.29 is 22.7 Å². The van der Waals surface area contributed by atoms with Crippen LogP contribution in [-0.2, 0) is 9.53 Å². The lowest BCUT2D eigenvalue weighted by molar-refractivity contribution is -0.239. The molecule has 0 aromatic heterocycles. The van der Waals surface area contributed by atoms with Crippen LogP contribution in [0.1, 0.15) is 33.6 Å². The van der Waals surface area contributed by atoms with Gasteiger partial charge in [0.05, 0.1) is 0 Å². The predicted octanol–water partition coefficient (Wildman–Crippen LogP) is 2.51. The maximum atomic E-state index is 12.9. The second-order valence-electron chi connectivity index (χ2n) is 3.55. The lowest BCUT2D eigenvalue weighted by Gasteiger charge is -2.36. The molecule has 0 aliphatic carbocycles. The first-order chi connectivity index (χ1) is 7.94. The summed E-state index contributed by atoms with van der Waals surface area (Å²) in [5, 5.41) is 2.25. The number of hydrogen-bond donors (Lipinski definition) is 1. The smallest absolute Gasteiger partial charge is 0.381 e. The Morgan fingerprint density at radius 1 is 1.29 bits per heavy atom. The fourth-order valence-electron chi connectivity index (χ4n) is 1.69. The number of hydrogen-bond acceptors (Lipinski definition) is 2. The average Bonchev–Trinajstić information content (AvgIpc) is 2.31. The van der Waals surface area contributed by atoms with Crippen LogP contribution in [0.3, 0.4) is 0 Å². The lowest BCUT2D eigenvalue weighted by Crippen LogP contribution is -2.53. The summed E-state index contributed by atoms with van der Waals surface area (Å²) in [6.07, 6.45) is -5.08. The predicted molar refractivity (Wildman–Crippen MR) is 58.6 cm³/mol. The van der Waals surface area contributed by atoms with E-state index in [0.717, 1.165) is 0 Å². The molecule has 102 valence electrons. The molecule has 1 saturated heterocycles. The molecule has 0 spiro atoms. The summed E-state index contributed by atoms with van der Waals surface area (Å²) >= 11 is 0. The Kier molecular flexibility index (Phi) is 6.52. The summed E-state index contributed by atoms with van der Waals surface area (Å²) in [7, 11) is 0. The molecule has 1 heterocycles. The Balaban J connectivity index is 0.00000121. The van der Waals surface area contributed by atoms with Crippen LogP contribution < -0.4 is 5.32 Å². The van der Waals surface area contributed by atoms with Gasteiger partial charge in [0, 0.05) is 19.8 Å². The average molecular weight is 255 g/mol. The molecule has 17 heavy (non-hydrogen) atoms. The third-order valence-corrected chi connectivity index (χ3v) is 2.66. The zero-order valence-corrected chi connectivity index (χ0v) is 10.5. The van der Waals surface area contributed by atoms with Crippen molar-refractivity contribution in [3.05, 3.63) is 0 Å². The Morgan fingerprint density at radius 2 is 1.76 bits per heavy atom. The first kappa shape index (κ1) is 16.2. The minimum absolute atomic E-state index is 0.0172. The van der Waals surface area contributed by atoms with Crippen molar-refractivity contribution in [1.82, 2.24) is 5.32 Å². The number of rotatable bonds is 2. The fraction of sp³-hybridized carbons (Fsp3) is 0.909. The van der Waals surface area contributed by atoms with Crippen LogP contribution in [0.15, 0.2) is 0 Å². The fourth-order valence-corrected chi connectivity index (χ4v) is 1.69. The third-order valence-electron chi connectivity index (χ3n) is 2.66. The Morgan fingerprint density at radius 3 is 2.12 bits per heavy atom. The normalized spacial score (nSPS) is 18.9. The van der Waals surface area contributed by atoms with Crippen LogP contribution in [0.2, 0.25) is 0 Å². The molecule has 1 fully saturated rings. The largest absolute Gasteiger partial charge is 0.403 e. The highest BCUT2D eigenvalue weighted by molar-refractivity contribution is 5.83. The molecule has 1 amide bonds. The van der Waals surface area contributed by atoms with E-state index in [-0.39, 0.29) is 32.6 Å². The second-order valence-corrected chi connectivity index (χ2v) is 3.55. The topological polar surface area (TPSA) is 38.3 Å². The van der Waals surface area contributed by atoms with E-state index in [1.807, 2.05) is 13.8 Å². The second kappa shape index (κ2) is 6.83. The van der Waals surface area contributed by atoms with E-state index in [2.05, 4.69) is 5.32 Å². The molecule has 0 atom stereocenters. The summed E-state index contributed by atoms with van der Waals surface area (Å²) in [5.41, 5.74) is -2.25. The number of carbonyl (C=O) groups is 1. The van der Waals surface area contributed by atoms with Crippen molar-refractivity contribution in [1.29, 1.82) is 0 Å². The van der Waals surface area contributed by atoms with Crippen LogP contribution in [0, 0.1) is 5.41 Å². The minimum Gasteiger partial charge on any atom is -0.381 e. The zero-order chi connectivity index (χ0) is 13.5. The van der Waals surface area contributed by atoms with Gasteiger partial charge >= 0.3 is 6.18 Å². The number of alkyl halides is 3. The highest BCUT2D eigenvalue weighted by atomic mass is 19.4. The maximum absolute atomic E-state index is 12.9. The van der Waals surface area contributed by atoms with Crippen molar-refractivity contribution in [2.75, 3.05) is 19.8 Å². The molecule has 3 nitrogen and oxygen atoms in total. The molecule has 0 bridgehead atoms. The summed E-state index contributed by atoms with van der Waals surface area (Å²) in [5.74, 6) is -0.930. The van der Waals surface area contributed by atoms with Gasteiger partial charge in [-0.15, -0.1) is 0 Å². The zero-order valence-electron chi connectivity index (χ0n) is 10.5. The molecular formula is C11H20F3NO2. The number of amides is 1. The standard InChI is InChI=1S/C9H14F3NO2.C2H6/c1-2-13-7(14)8(9(10,11)12)3-5-15-6-4-8;1-2/h2-6H2,1H3,(H,13,14);1-2H3. The molecule has 1 aliphatic rings. The van der Waals surface area contributed by atoms with Crippen molar-refractivity contribution in [3.8, 4) is 0 Å². The molecule has 0 aromatic carbocycles. The van der Waals surface area contributed by atoms with Crippen molar-refractivity contribution in [3.63, 3.8) is 0 Å². The molecule has 0 unspecified atom stereocenters. The van der Waals surface area contributed by atoms with E-state index in [1.165, 1.54) is 0 Å². The van der Waals surface area contributed by atoms with Crippen LogP contribution >= 0.6 is 0 Å². The SMILES string of the molecule is CC.CCNC(=O)C1(C(F)(F)F)CCOCC1. The molecule has 0 aromatic rings. The van der Waals surface area contributed by atoms with Gasteiger partial charge in [-0.3, -0.25) is 4.79 Å². The molecular weight excluding hydrogens is 235 g/mol. The Bertz CT molecular complexity index is 235. The van der Waals surface area contributed by atoms with E-state index in [1.54, 1.807) is 6.92 Å². The van der Waals surface area contributed by atoms with Gasteiger partial charge in [-0.25, -0.2) is 0 Å². The molecule has 0 radical (unpaired) electrons. The first-order valence-electron chi connectivity index (χ1n) is 5.87. The number of ether oxygens (including phenoxy) is 1.